The number of hydrogen-bond acceptors (Lipinski definition) is 3. The normalized spacial score (nSPS) is 11.2. The Hall–Kier alpha value is -3.41. The number of hydrogen-bond donors (Lipinski definition) is 1. The van der Waals surface area contributed by atoms with Crippen LogP contribution in [0.5, 0.6) is 0 Å². The Morgan fingerprint density at radius 2 is 1.77 bits per heavy atom. The molecule has 0 bridgehead atoms. The Bertz CT molecular complexity index is 1060. The smallest absolute Gasteiger partial charge is 0.271 e. The maximum absolute atomic E-state index is 12.1. The van der Waals surface area contributed by atoms with Crippen LogP contribution in [0.1, 0.15) is 24.3 Å². The Kier molecular flexibility index (Phi) is 4.01. The van der Waals surface area contributed by atoms with E-state index in [-0.39, 0.29) is 11.9 Å². The molecule has 0 saturated carbocycles. The van der Waals surface area contributed by atoms with Crippen molar-refractivity contribution in [1.82, 2.24) is 24.5 Å². The lowest BCUT2D eigenvalue weighted by molar-refractivity contribution is 0.0937. The second kappa shape index (κ2) is 6.48. The quantitative estimate of drug-likeness (QED) is 0.617. The van der Waals surface area contributed by atoms with Crippen LogP contribution in [0.15, 0.2) is 67.3 Å². The van der Waals surface area contributed by atoms with Gasteiger partial charge in [-0.25, -0.2) is 4.68 Å². The zero-order valence-corrected chi connectivity index (χ0v) is 14.6. The van der Waals surface area contributed by atoms with Crippen molar-refractivity contribution in [2.24, 2.45) is 0 Å². The second-order valence-corrected chi connectivity index (χ2v) is 6.41. The molecular formula is C20H19N5O. The monoisotopic (exact) mass is 345 g/mol. The van der Waals surface area contributed by atoms with Gasteiger partial charge >= 0.3 is 0 Å². The topological polar surface area (TPSA) is 64.2 Å². The van der Waals surface area contributed by atoms with E-state index in [0.29, 0.717) is 5.69 Å². The predicted octanol–water partition coefficient (Wildman–Crippen LogP) is 3.33. The van der Waals surface area contributed by atoms with Gasteiger partial charge in [0, 0.05) is 36.3 Å². The lowest BCUT2D eigenvalue weighted by atomic mass is 10.1. The van der Waals surface area contributed by atoms with Crippen molar-refractivity contribution in [3.05, 3.63) is 72.9 Å². The van der Waals surface area contributed by atoms with Crippen molar-refractivity contribution in [2.75, 3.05) is 0 Å². The molecule has 0 spiro atoms. The van der Waals surface area contributed by atoms with Crippen LogP contribution in [0.25, 0.3) is 22.5 Å². The largest absolute Gasteiger partial charge is 0.348 e. The zero-order valence-electron chi connectivity index (χ0n) is 14.6. The number of amides is 1. The van der Waals surface area contributed by atoms with Crippen LogP contribution in [0.3, 0.4) is 0 Å². The molecule has 0 aromatic carbocycles. The highest BCUT2D eigenvalue weighted by Gasteiger charge is 2.13. The number of aromatic nitrogens is 4. The number of nitrogens with one attached hydrogen (secondary N) is 1. The van der Waals surface area contributed by atoms with E-state index in [4.69, 9.17) is 0 Å². The number of pyridine rings is 2. The van der Waals surface area contributed by atoms with Gasteiger partial charge in [-0.05, 0) is 61.4 Å². The summed E-state index contributed by atoms with van der Waals surface area (Å²) in [6.45, 7) is 3.85. The molecule has 0 radical (unpaired) electrons. The number of carbonyl (C=O) groups excluding carboxylic acids is 1. The molecule has 130 valence electrons. The van der Waals surface area contributed by atoms with Gasteiger partial charge < -0.3 is 9.72 Å². The molecule has 0 saturated heterocycles. The molecule has 4 aromatic heterocycles. The van der Waals surface area contributed by atoms with Crippen molar-refractivity contribution >= 4 is 11.4 Å². The van der Waals surface area contributed by atoms with Gasteiger partial charge in [0.25, 0.3) is 5.91 Å². The molecule has 0 aliphatic rings. The van der Waals surface area contributed by atoms with Crippen LogP contribution in [0, 0.1) is 0 Å². The Morgan fingerprint density at radius 3 is 2.54 bits per heavy atom. The highest BCUT2D eigenvalue weighted by atomic mass is 16.2. The van der Waals surface area contributed by atoms with E-state index in [1.54, 1.807) is 29.3 Å². The van der Waals surface area contributed by atoms with E-state index < -0.39 is 0 Å². The molecule has 0 fully saturated rings. The summed E-state index contributed by atoms with van der Waals surface area (Å²) >= 11 is 0. The van der Waals surface area contributed by atoms with Crippen molar-refractivity contribution in [2.45, 2.75) is 19.9 Å². The summed E-state index contributed by atoms with van der Waals surface area (Å²) in [5, 5.41) is 7.29. The SMILES string of the molecule is CC(C)NC(=O)c1ccn(-c2ccc3ccc(-c4ccncc4)cn23)n1. The fourth-order valence-electron chi connectivity index (χ4n) is 2.90. The van der Waals surface area contributed by atoms with Crippen LogP contribution >= 0.6 is 0 Å². The van der Waals surface area contributed by atoms with E-state index >= 15 is 0 Å². The third-order valence-corrected chi connectivity index (χ3v) is 4.12. The summed E-state index contributed by atoms with van der Waals surface area (Å²) in [4.78, 5) is 16.2. The van der Waals surface area contributed by atoms with Crippen molar-refractivity contribution in [3.63, 3.8) is 0 Å². The highest BCUT2D eigenvalue weighted by molar-refractivity contribution is 5.92. The summed E-state index contributed by atoms with van der Waals surface area (Å²) in [5.41, 5.74) is 3.64. The van der Waals surface area contributed by atoms with Gasteiger partial charge in [0.1, 0.15) is 5.82 Å². The van der Waals surface area contributed by atoms with Gasteiger partial charge in [-0.15, -0.1) is 0 Å². The molecule has 0 aliphatic carbocycles. The molecule has 4 rings (SSSR count). The first-order valence-corrected chi connectivity index (χ1v) is 8.50. The van der Waals surface area contributed by atoms with Crippen molar-refractivity contribution < 1.29 is 4.79 Å². The van der Waals surface area contributed by atoms with Gasteiger partial charge in [-0.1, -0.05) is 6.07 Å². The molecule has 6 heteroatoms. The Labute approximate surface area is 151 Å². The van der Waals surface area contributed by atoms with Gasteiger partial charge in [-0.3, -0.25) is 9.78 Å². The van der Waals surface area contributed by atoms with Crippen molar-refractivity contribution in [1.29, 1.82) is 0 Å². The summed E-state index contributed by atoms with van der Waals surface area (Å²) in [7, 11) is 0. The van der Waals surface area contributed by atoms with Gasteiger partial charge in [0.05, 0.1) is 0 Å². The molecule has 1 N–H and O–H groups in total. The summed E-state index contributed by atoms with van der Waals surface area (Å²) in [5.74, 6) is 0.705. The first-order valence-electron chi connectivity index (χ1n) is 8.50. The maximum atomic E-state index is 12.1. The van der Waals surface area contributed by atoms with Gasteiger partial charge in [0.2, 0.25) is 0 Å². The van der Waals surface area contributed by atoms with E-state index in [1.807, 2.05) is 38.1 Å². The van der Waals surface area contributed by atoms with E-state index in [0.717, 1.165) is 22.5 Å². The molecular weight excluding hydrogens is 326 g/mol. The molecule has 6 nitrogen and oxygen atoms in total. The summed E-state index contributed by atoms with van der Waals surface area (Å²) in [6.07, 6.45) is 7.43. The average Bonchev–Trinajstić information content (AvgIpc) is 3.28. The maximum Gasteiger partial charge on any atom is 0.271 e. The second-order valence-electron chi connectivity index (χ2n) is 6.41. The van der Waals surface area contributed by atoms with Crippen molar-refractivity contribution in [3.8, 4) is 16.9 Å². The summed E-state index contributed by atoms with van der Waals surface area (Å²) < 4.78 is 3.78. The standard InChI is InChI=1S/C20H19N5O/c1-14(2)22-20(26)18-9-12-25(23-18)19-6-5-17-4-3-16(13-24(17)19)15-7-10-21-11-8-15/h3-14H,1-2H3,(H,22,26). The minimum atomic E-state index is -0.169. The molecule has 4 heterocycles. The van der Waals surface area contributed by atoms with Gasteiger partial charge in [0.15, 0.2) is 5.69 Å². The third-order valence-electron chi connectivity index (χ3n) is 4.12. The zero-order chi connectivity index (χ0) is 18.1. The summed E-state index contributed by atoms with van der Waals surface area (Å²) in [6, 6.07) is 13.9. The minimum Gasteiger partial charge on any atom is -0.348 e. The number of carbonyl (C=O) groups is 1. The highest BCUT2D eigenvalue weighted by Crippen LogP contribution is 2.22. The molecule has 4 aromatic rings. The molecule has 0 unspecified atom stereocenters. The predicted molar refractivity (Wildman–Crippen MR) is 100 cm³/mol. The molecule has 0 atom stereocenters. The van der Waals surface area contributed by atoms with E-state index in [2.05, 4.69) is 38.1 Å². The number of fused-ring (bicyclic) bond motifs is 1. The Morgan fingerprint density at radius 1 is 1.00 bits per heavy atom. The molecule has 0 aliphatic heterocycles. The van der Waals surface area contributed by atoms with Crippen LogP contribution in [-0.4, -0.2) is 31.1 Å². The van der Waals surface area contributed by atoms with E-state index in [9.17, 15) is 4.79 Å². The lowest BCUT2D eigenvalue weighted by Gasteiger charge is -2.07. The fourth-order valence-corrected chi connectivity index (χ4v) is 2.90. The Balaban J connectivity index is 1.73. The fraction of sp³-hybridized carbons (Fsp3) is 0.150. The van der Waals surface area contributed by atoms with Crippen LogP contribution in [0.2, 0.25) is 0 Å². The van der Waals surface area contributed by atoms with Gasteiger partial charge in [-0.2, -0.15) is 5.10 Å². The minimum absolute atomic E-state index is 0.0738. The van der Waals surface area contributed by atoms with Crippen LogP contribution in [0.4, 0.5) is 0 Å². The third kappa shape index (κ3) is 2.97. The van der Waals surface area contributed by atoms with E-state index in [1.165, 1.54) is 0 Å². The lowest BCUT2D eigenvalue weighted by Crippen LogP contribution is -2.30. The first kappa shape index (κ1) is 16.1. The molecule has 26 heavy (non-hydrogen) atoms. The average molecular weight is 345 g/mol. The molecule has 1 amide bonds. The number of rotatable bonds is 4. The first-order chi connectivity index (χ1) is 12.6. The van der Waals surface area contributed by atoms with Crippen LogP contribution < -0.4 is 5.32 Å². The van der Waals surface area contributed by atoms with Crippen LogP contribution in [-0.2, 0) is 0 Å². The number of nitrogens with zero attached hydrogens (tertiary/aromatic N) is 4.